The first-order valence-electron chi connectivity index (χ1n) is 8.69. The highest BCUT2D eigenvalue weighted by molar-refractivity contribution is 5.97. The van der Waals surface area contributed by atoms with Gasteiger partial charge in [-0.15, -0.1) is 0 Å². The van der Waals surface area contributed by atoms with E-state index in [0.29, 0.717) is 16.9 Å². The molecule has 4 rings (SSSR count). The molecule has 0 saturated heterocycles. The van der Waals surface area contributed by atoms with Gasteiger partial charge in [-0.25, -0.2) is 4.79 Å². The Morgan fingerprint density at radius 1 is 0.815 bits per heavy atom. The largest absolute Gasteiger partial charge is 0.441 e. The van der Waals surface area contributed by atoms with E-state index < -0.39 is 5.60 Å². The Balaban J connectivity index is 1.98. The summed E-state index contributed by atoms with van der Waals surface area (Å²) >= 11 is 0. The summed E-state index contributed by atoms with van der Waals surface area (Å²) in [6.45, 7) is 0. The molecule has 0 aromatic heterocycles. The fourth-order valence-corrected chi connectivity index (χ4v) is 3.59. The predicted molar refractivity (Wildman–Crippen MR) is 108 cm³/mol. The van der Waals surface area contributed by atoms with Gasteiger partial charge in [-0.3, -0.25) is 0 Å². The molecule has 136 valence electrons. The number of esters is 1. The summed E-state index contributed by atoms with van der Waals surface area (Å²) < 4.78 is 6.04. The molecule has 0 saturated carbocycles. The number of anilines is 3. The van der Waals surface area contributed by atoms with Gasteiger partial charge in [0, 0.05) is 47.8 Å². The fourth-order valence-electron chi connectivity index (χ4n) is 3.59. The van der Waals surface area contributed by atoms with E-state index >= 15 is 0 Å². The van der Waals surface area contributed by atoms with Crippen molar-refractivity contribution >= 4 is 23.0 Å². The van der Waals surface area contributed by atoms with Gasteiger partial charge in [0.05, 0.1) is 5.56 Å². The van der Waals surface area contributed by atoms with Crippen LogP contribution in [0, 0.1) is 0 Å². The molecule has 0 spiro atoms. The van der Waals surface area contributed by atoms with Crippen LogP contribution in [0.3, 0.4) is 0 Å². The first-order valence-corrected chi connectivity index (χ1v) is 8.69. The Bertz CT molecular complexity index is 1010. The summed E-state index contributed by atoms with van der Waals surface area (Å²) in [6, 6.07) is 20.8. The lowest BCUT2D eigenvalue weighted by Gasteiger charge is -2.30. The molecule has 1 aliphatic rings. The quantitative estimate of drug-likeness (QED) is 0.553. The van der Waals surface area contributed by atoms with Gasteiger partial charge in [-0.05, 0) is 36.4 Å². The van der Waals surface area contributed by atoms with Crippen molar-refractivity contribution in [3.63, 3.8) is 0 Å². The molecule has 4 N–H and O–H groups in total. The number of nitrogen functional groups attached to an aromatic ring is 2. The van der Waals surface area contributed by atoms with Crippen molar-refractivity contribution in [2.24, 2.45) is 0 Å². The van der Waals surface area contributed by atoms with Crippen LogP contribution < -0.4 is 16.4 Å². The van der Waals surface area contributed by atoms with E-state index in [2.05, 4.69) is 0 Å². The van der Waals surface area contributed by atoms with Gasteiger partial charge in [0.25, 0.3) is 0 Å². The smallest absolute Gasteiger partial charge is 0.340 e. The van der Waals surface area contributed by atoms with Gasteiger partial charge >= 0.3 is 5.97 Å². The van der Waals surface area contributed by atoms with Crippen LogP contribution in [0.5, 0.6) is 0 Å². The van der Waals surface area contributed by atoms with Crippen LogP contribution >= 0.6 is 0 Å². The highest BCUT2D eigenvalue weighted by Gasteiger charge is 2.48. The van der Waals surface area contributed by atoms with Crippen molar-refractivity contribution in [2.45, 2.75) is 5.60 Å². The maximum atomic E-state index is 12.7. The SMILES string of the molecule is CN(C)c1ccc(C2(c3ccc(N)cc3)OC(=O)c3cc(N)ccc32)cc1. The first kappa shape index (κ1) is 17.0. The summed E-state index contributed by atoms with van der Waals surface area (Å²) in [4.78, 5) is 14.7. The average molecular weight is 359 g/mol. The lowest BCUT2D eigenvalue weighted by Crippen LogP contribution is -2.29. The summed E-state index contributed by atoms with van der Waals surface area (Å²) in [7, 11) is 3.97. The van der Waals surface area contributed by atoms with Gasteiger partial charge in [0.1, 0.15) is 0 Å². The third kappa shape index (κ3) is 2.59. The topological polar surface area (TPSA) is 81.6 Å². The Morgan fingerprint density at radius 2 is 1.37 bits per heavy atom. The number of nitrogens with two attached hydrogens (primary N) is 2. The summed E-state index contributed by atoms with van der Waals surface area (Å²) in [5.74, 6) is -0.384. The minimum atomic E-state index is -1.03. The molecular weight excluding hydrogens is 338 g/mol. The highest BCUT2D eigenvalue weighted by atomic mass is 16.6. The van der Waals surface area contributed by atoms with Crippen molar-refractivity contribution in [1.29, 1.82) is 0 Å². The molecule has 1 unspecified atom stereocenters. The predicted octanol–water partition coefficient (Wildman–Crippen LogP) is 3.38. The fraction of sp³-hybridized carbons (Fsp3) is 0.136. The van der Waals surface area contributed by atoms with E-state index in [1.807, 2.05) is 73.6 Å². The van der Waals surface area contributed by atoms with E-state index in [9.17, 15) is 4.79 Å². The maximum Gasteiger partial charge on any atom is 0.340 e. The van der Waals surface area contributed by atoms with Crippen molar-refractivity contribution in [2.75, 3.05) is 30.5 Å². The zero-order valence-electron chi connectivity index (χ0n) is 15.3. The van der Waals surface area contributed by atoms with Crippen molar-refractivity contribution in [3.8, 4) is 0 Å². The molecule has 1 heterocycles. The Kier molecular flexibility index (Phi) is 3.81. The van der Waals surface area contributed by atoms with Gasteiger partial charge < -0.3 is 21.1 Å². The molecule has 5 nitrogen and oxygen atoms in total. The zero-order chi connectivity index (χ0) is 19.2. The molecule has 27 heavy (non-hydrogen) atoms. The number of rotatable bonds is 3. The third-order valence-electron chi connectivity index (χ3n) is 5.00. The number of hydrogen-bond donors (Lipinski definition) is 2. The molecule has 0 aliphatic carbocycles. The monoisotopic (exact) mass is 359 g/mol. The van der Waals surface area contributed by atoms with Gasteiger partial charge in [-0.2, -0.15) is 0 Å². The van der Waals surface area contributed by atoms with E-state index in [1.165, 1.54) is 0 Å². The van der Waals surface area contributed by atoms with E-state index in [-0.39, 0.29) is 5.97 Å². The number of nitrogens with zero attached hydrogens (tertiary/aromatic N) is 1. The minimum absolute atomic E-state index is 0.384. The molecule has 0 bridgehead atoms. The number of fused-ring (bicyclic) bond motifs is 1. The number of carbonyl (C=O) groups excluding carboxylic acids is 1. The summed E-state index contributed by atoms with van der Waals surface area (Å²) in [6.07, 6.45) is 0. The van der Waals surface area contributed by atoms with Crippen molar-refractivity contribution in [1.82, 2.24) is 0 Å². The van der Waals surface area contributed by atoms with Crippen molar-refractivity contribution in [3.05, 3.63) is 89.0 Å². The molecule has 1 atom stereocenters. The minimum Gasteiger partial charge on any atom is -0.441 e. The number of hydrogen-bond acceptors (Lipinski definition) is 5. The van der Waals surface area contributed by atoms with E-state index in [0.717, 1.165) is 22.4 Å². The normalized spacial score (nSPS) is 18.1. The van der Waals surface area contributed by atoms with Crippen LogP contribution in [0.25, 0.3) is 0 Å². The molecule has 1 aliphatic heterocycles. The maximum absolute atomic E-state index is 12.7. The Labute approximate surface area is 158 Å². The van der Waals surface area contributed by atoms with Crippen LogP contribution in [0.2, 0.25) is 0 Å². The Morgan fingerprint density at radius 3 is 1.96 bits per heavy atom. The second-order valence-corrected chi connectivity index (χ2v) is 6.94. The second-order valence-electron chi connectivity index (χ2n) is 6.94. The second kappa shape index (κ2) is 6.06. The summed E-state index contributed by atoms with van der Waals surface area (Å²) in [5.41, 5.74) is 16.0. The van der Waals surface area contributed by atoms with Gasteiger partial charge in [-0.1, -0.05) is 30.3 Å². The van der Waals surface area contributed by atoms with Gasteiger partial charge in [0.15, 0.2) is 5.60 Å². The third-order valence-corrected chi connectivity index (χ3v) is 5.00. The lowest BCUT2D eigenvalue weighted by atomic mass is 9.79. The highest BCUT2D eigenvalue weighted by Crippen LogP contribution is 2.47. The van der Waals surface area contributed by atoms with Crippen LogP contribution in [-0.2, 0) is 10.3 Å². The van der Waals surface area contributed by atoms with Gasteiger partial charge in [0.2, 0.25) is 0 Å². The van der Waals surface area contributed by atoms with Crippen LogP contribution in [0.1, 0.15) is 27.0 Å². The average Bonchev–Trinajstić information content (AvgIpc) is 2.95. The molecule has 0 radical (unpaired) electrons. The molecule has 0 fully saturated rings. The summed E-state index contributed by atoms with van der Waals surface area (Å²) in [5, 5.41) is 0. The molecule has 5 heteroatoms. The van der Waals surface area contributed by atoms with Crippen molar-refractivity contribution < 1.29 is 9.53 Å². The van der Waals surface area contributed by atoms with E-state index in [1.54, 1.807) is 12.1 Å². The zero-order valence-corrected chi connectivity index (χ0v) is 15.3. The van der Waals surface area contributed by atoms with Crippen LogP contribution in [0.15, 0.2) is 66.7 Å². The first-order chi connectivity index (χ1) is 12.9. The Hall–Kier alpha value is -3.47. The molecule has 3 aromatic rings. The van der Waals surface area contributed by atoms with Crippen LogP contribution in [0.4, 0.5) is 17.1 Å². The molecule has 0 amide bonds. The number of ether oxygens (including phenoxy) is 1. The van der Waals surface area contributed by atoms with Crippen LogP contribution in [-0.4, -0.2) is 20.1 Å². The lowest BCUT2D eigenvalue weighted by molar-refractivity contribution is 0.0251. The number of carbonyl (C=O) groups is 1. The number of cyclic esters (lactones) is 1. The number of benzene rings is 3. The standard InChI is InChI=1S/C22H21N3O2/c1-25(2)18-10-5-15(6-11-18)22(14-3-7-16(23)8-4-14)20-12-9-17(24)13-19(20)21(26)27-22/h3-13H,23-24H2,1-2H3. The molecule has 3 aromatic carbocycles. The molecular formula is C22H21N3O2. The van der Waals surface area contributed by atoms with E-state index in [4.69, 9.17) is 16.2 Å².